The molecular formula is C30H54N4O4. The number of nitrogens with one attached hydrogen (secondary N) is 1. The number of nitriles is 2. The Morgan fingerprint density at radius 3 is 1.71 bits per heavy atom. The van der Waals surface area contributed by atoms with E-state index in [1.54, 1.807) is 4.90 Å². The molecule has 4 saturated heterocycles. The van der Waals surface area contributed by atoms with E-state index in [-0.39, 0.29) is 24.7 Å². The zero-order valence-corrected chi connectivity index (χ0v) is 23.9. The highest BCUT2D eigenvalue weighted by Gasteiger charge is 2.41. The summed E-state index contributed by atoms with van der Waals surface area (Å²) >= 11 is 0. The van der Waals surface area contributed by atoms with Gasteiger partial charge in [0.05, 0.1) is 36.6 Å². The number of ether oxygens (including phenoxy) is 3. The van der Waals surface area contributed by atoms with Crippen LogP contribution in [0.25, 0.3) is 0 Å². The van der Waals surface area contributed by atoms with Crippen molar-refractivity contribution in [3.8, 4) is 12.1 Å². The lowest BCUT2D eigenvalue weighted by Crippen LogP contribution is -2.51. The summed E-state index contributed by atoms with van der Waals surface area (Å²) in [5.74, 6) is 0.866. The maximum atomic E-state index is 12.0. The summed E-state index contributed by atoms with van der Waals surface area (Å²) in [6, 6.07) is 4.46. The number of hydrogen-bond donors (Lipinski definition) is 1. The van der Waals surface area contributed by atoms with E-state index in [4.69, 9.17) is 24.7 Å². The molecule has 38 heavy (non-hydrogen) atoms. The van der Waals surface area contributed by atoms with Gasteiger partial charge in [-0.2, -0.15) is 10.5 Å². The second-order valence-corrected chi connectivity index (χ2v) is 11.7. The largest absolute Gasteiger partial charge is 0.444 e. The minimum atomic E-state index is -0.446. The molecule has 0 aromatic carbocycles. The third-order valence-electron chi connectivity index (χ3n) is 7.87. The van der Waals surface area contributed by atoms with Crippen LogP contribution in [0.3, 0.4) is 0 Å². The molecule has 0 aromatic heterocycles. The Morgan fingerprint density at radius 2 is 1.34 bits per heavy atom. The van der Waals surface area contributed by atoms with E-state index in [9.17, 15) is 4.79 Å². The quantitative estimate of drug-likeness (QED) is 0.449. The van der Waals surface area contributed by atoms with Crippen LogP contribution >= 0.6 is 0 Å². The Hall–Kier alpha value is -1.87. The maximum absolute atomic E-state index is 12.0. The number of hydrogen-bond acceptors (Lipinski definition) is 7. The second kappa shape index (κ2) is 16.3. The van der Waals surface area contributed by atoms with Gasteiger partial charge >= 0.3 is 6.09 Å². The van der Waals surface area contributed by atoms with Crippen LogP contribution in [0, 0.1) is 34.5 Å². The molecule has 0 radical (unpaired) electrons. The zero-order chi connectivity index (χ0) is 27.4. The summed E-state index contributed by atoms with van der Waals surface area (Å²) in [6.07, 6.45) is 9.43. The van der Waals surface area contributed by atoms with Crippen molar-refractivity contribution in [1.82, 2.24) is 10.2 Å². The van der Waals surface area contributed by atoms with Crippen LogP contribution in [-0.2, 0) is 14.2 Å². The third-order valence-corrected chi connectivity index (χ3v) is 7.87. The zero-order valence-electron chi connectivity index (χ0n) is 23.9. The Morgan fingerprint density at radius 1 is 0.895 bits per heavy atom. The van der Waals surface area contributed by atoms with E-state index in [1.807, 2.05) is 34.6 Å². The van der Waals surface area contributed by atoms with E-state index in [0.717, 1.165) is 64.6 Å². The normalized spacial score (nSPS) is 25.7. The number of carbonyl (C=O) groups is 1. The topological polar surface area (TPSA) is 108 Å². The molecule has 1 amide bonds. The molecule has 8 nitrogen and oxygen atoms in total. The van der Waals surface area contributed by atoms with Crippen molar-refractivity contribution >= 4 is 6.09 Å². The number of piperidine rings is 2. The molecule has 4 aliphatic rings. The molecule has 2 atom stereocenters. The minimum absolute atomic E-state index is 0. The highest BCUT2D eigenvalue weighted by atomic mass is 16.6. The molecule has 2 spiro atoms. The Labute approximate surface area is 232 Å². The molecule has 4 fully saturated rings. The van der Waals surface area contributed by atoms with Crippen molar-refractivity contribution in [2.75, 3.05) is 39.4 Å². The van der Waals surface area contributed by atoms with Crippen molar-refractivity contribution < 1.29 is 19.0 Å². The first-order valence-electron chi connectivity index (χ1n) is 14.4. The summed E-state index contributed by atoms with van der Waals surface area (Å²) < 4.78 is 17.5. The van der Waals surface area contributed by atoms with Crippen LogP contribution in [0.5, 0.6) is 0 Å². The highest BCUT2D eigenvalue weighted by molar-refractivity contribution is 5.68. The predicted octanol–water partition coefficient (Wildman–Crippen LogP) is 6.21. The van der Waals surface area contributed by atoms with Gasteiger partial charge in [0, 0.05) is 25.9 Å². The van der Waals surface area contributed by atoms with Gasteiger partial charge in [-0.25, -0.2) is 4.79 Å². The van der Waals surface area contributed by atoms with Crippen LogP contribution < -0.4 is 5.32 Å². The van der Waals surface area contributed by atoms with E-state index in [0.29, 0.717) is 44.4 Å². The number of amides is 1. The number of rotatable bonds is 2. The van der Waals surface area contributed by atoms with E-state index < -0.39 is 5.60 Å². The van der Waals surface area contributed by atoms with Crippen molar-refractivity contribution in [3.05, 3.63) is 0 Å². The first-order valence-corrected chi connectivity index (χ1v) is 14.4. The van der Waals surface area contributed by atoms with Gasteiger partial charge in [-0.1, -0.05) is 21.3 Å². The van der Waals surface area contributed by atoms with E-state index >= 15 is 0 Å². The first-order chi connectivity index (χ1) is 17.7. The molecule has 0 aliphatic carbocycles. The summed E-state index contributed by atoms with van der Waals surface area (Å²) in [5.41, 5.74) is -0.361. The molecule has 4 heterocycles. The number of likely N-dealkylation sites (tertiary alicyclic amines) is 1. The lowest BCUT2D eigenvalue weighted by molar-refractivity contribution is -0.127. The van der Waals surface area contributed by atoms with Crippen LogP contribution in [-0.4, -0.2) is 67.2 Å². The van der Waals surface area contributed by atoms with Gasteiger partial charge in [0.25, 0.3) is 0 Å². The van der Waals surface area contributed by atoms with Crippen LogP contribution in [0.2, 0.25) is 0 Å². The van der Waals surface area contributed by atoms with Crippen molar-refractivity contribution in [3.63, 3.8) is 0 Å². The molecule has 0 bridgehead atoms. The van der Waals surface area contributed by atoms with Crippen molar-refractivity contribution in [1.29, 1.82) is 10.5 Å². The molecule has 218 valence electrons. The molecule has 4 aliphatic heterocycles. The van der Waals surface area contributed by atoms with Crippen LogP contribution in [0.1, 0.15) is 106 Å². The average Bonchev–Trinajstić information content (AvgIpc) is 2.89. The van der Waals surface area contributed by atoms with Gasteiger partial charge < -0.3 is 24.4 Å². The monoisotopic (exact) mass is 534 g/mol. The summed E-state index contributed by atoms with van der Waals surface area (Å²) in [6.45, 7) is 14.7. The Balaban J connectivity index is 0.000000370. The van der Waals surface area contributed by atoms with Crippen molar-refractivity contribution in [2.45, 2.75) is 123 Å². The lowest BCUT2D eigenvalue weighted by atomic mass is 9.81. The SMILES string of the molecule is C.CC.CC(C)(C)OC(=O)N1CCC2(CCC(CC#N)CO2)CC1.N#CCC1CCC2(CCNCC2)OC1. The number of nitrogens with zero attached hydrogens (tertiary/aromatic N) is 3. The van der Waals surface area contributed by atoms with Crippen LogP contribution in [0.4, 0.5) is 4.79 Å². The lowest BCUT2D eigenvalue weighted by Gasteiger charge is -2.45. The smallest absolute Gasteiger partial charge is 0.410 e. The van der Waals surface area contributed by atoms with Gasteiger partial charge in [-0.05, 0) is 97.1 Å². The minimum Gasteiger partial charge on any atom is -0.444 e. The van der Waals surface area contributed by atoms with E-state index in [2.05, 4.69) is 17.5 Å². The fourth-order valence-corrected chi connectivity index (χ4v) is 5.51. The second-order valence-electron chi connectivity index (χ2n) is 11.7. The molecule has 1 N–H and O–H groups in total. The average molecular weight is 535 g/mol. The van der Waals surface area contributed by atoms with Gasteiger partial charge in [-0.15, -0.1) is 0 Å². The van der Waals surface area contributed by atoms with E-state index in [1.165, 1.54) is 6.42 Å². The Kier molecular flexibility index (Phi) is 14.6. The standard InChI is InChI=1S/C16H26N2O3.C11H18N2O.C2H6.CH4/c1-15(2,3)21-14(19)18-10-7-16(8-11-18)6-4-13(5-9-17)12-20-16;12-6-2-10-1-3-11(14-9-10)4-7-13-8-5-11;1-2;/h13H,4-8,10-12H2,1-3H3;10,13H,1-5,7-9H2;1-2H3;1H4. The van der Waals surface area contributed by atoms with Gasteiger partial charge in [0.2, 0.25) is 0 Å². The molecule has 8 heteroatoms. The third kappa shape index (κ3) is 10.7. The Bertz CT molecular complexity index is 749. The molecule has 2 unspecified atom stereocenters. The summed E-state index contributed by atoms with van der Waals surface area (Å²) in [5, 5.41) is 20.7. The fourth-order valence-electron chi connectivity index (χ4n) is 5.51. The van der Waals surface area contributed by atoms with Crippen molar-refractivity contribution in [2.24, 2.45) is 11.8 Å². The highest BCUT2D eigenvalue weighted by Crippen LogP contribution is 2.38. The summed E-state index contributed by atoms with van der Waals surface area (Å²) in [4.78, 5) is 13.8. The number of carbonyl (C=O) groups excluding carboxylic acids is 1. The van der Waals surface area contributed by atoms with Gasteiger partial charge in [0.1, 0.15) is 5.60 Å². The predicted molar refractivity (Wildman–Crippen MR) is 150 cm³/mol. The van der Waals surface area contributed by atoms with Gasteiger partial charge in [-0.3, -0.25) is 0 Å². The fraction of sp³-hybridized carbons (Fsp3) is 0.900. The molecule has 0 aromatic rings. The molecular weight excluding hydrogens is 480 g/mol. The molecule has 0 saturated carbocycles. The van der Waals surface area contributed by atoms with Crippen LogP contribution in [0.15, 0.2) is 0 Å². The maximum Gasteiger partial charge on any atom is 0.410 e. The molecule has 4 rings (SSSR count). The summed E-state index contributed by atoms with van der Waals surface area (Å²) in [7, 11) is 0. The first kappa shape index (κ1) is 34.2. The van der Waals surface area contributed by atoms with Gasteiger partial charge in [0.15, 0.2) is 0 Å².